The molecule has 2 heterocycles. The quantitative estimate of drug-likeness (QED) is 0.294. The fourth-order valence-electron chi connectivity index (χ4n) is 4.71. The molecule has 0 fully saturated rings. The topological polar surface area (TPSA) is 26.3 Å². The minimum absolute atomic E-state index is 0.479. The van der Waals surface area contributed by atoms with Crippen LogP contribution in [0, 0.1) is 0 Å². The van der Waals surface area contributed by atoms with Crippen molar-refractivity contribution in [2.24, 2.45) is 0 Å². The third kappa shape index (κ3) is 2.37. The summed E-state index contributed by atoms with van der Waals surface area (Å²) in [6.07, 6.45) is 0. The molecule has 0 saturated heterocycles. The van der Waals surface area contributed by atoms with Crippen LogP contribution in [-0.2, 0) is 0 Å². The number of rotatable bonds is 2. The van der Waals surface area contributed by atoms with Crippen LogP contribution < -0.4 is 0 Å². The summed E-state index contributed by atoms with van der Waals surface area (Å²) in [7, 11) is 0. The molecule has 0 aliphatic heterocycles. The molecule has 148 valence electrons. The van der Waals surface area contributed by atoms with Gasteiger partial charge < -0.3 is 8.83 Å². The van der Waals surface area contributed by atoms with Gasteiger partial charge in [-0.25, -0.2) is 0 Å². The van der Waals surface area contributed by atoms with Crippen LogP contribution >= 0.6 is 0 Å². The van der Waals surface area contributed by atoms with E-state index in [-0.39, 0.29) is 0 Å². The Morgan fingerprint density at radius 1 is 0.467 bits per heavy atom. The highest BCUT2D eigenvalue weighted by atomic mass is 16.3. The normalized spacial score (nSPS) is 12.6. The zero-order valence-electron chi connectivity index (χ0n) is 17.7. The summed E-state index contributed by atoms with van der Waals surface area (Å²) in [5.74, 6) is 0.957. The molecule has 0 radical (unpaired) electrons. The molecule has 0 aliphatic rings. The fourth-order valence-corrected chi connectivity index (χ4v) is 4.71. The number of hydrogen-bond donors (Lipinski definition) is 0. The highest BCUT2D eigenvalue weighted by molar-refractivity contribution is 6.27. The predicted molar refractivity (Wildman–Crippen MR) is 127 cm³/mol. The lowest BCUT2D eigenvalue weighted by atomic mass is 9.97. The molecule has 0 amide bonds. The van der Waals surface area contributed by atoms with Gasteiger partial charge in [0.1, 0.15) is 22.3 Å². The largest absolute Gasteiger partial charge is 0.456 e. The molecule has 0 unspecified atom stereocenters. The summed E-state index contributed by atoms with van der Waals surface area (Å²) in [6.45, 7) is 8.85. The Hall–Kier alpha value is -3.26. The third-order valence-electron chi connectivity index (χ3n) is 6.45. The number of benzene rings is 4. The monoisotopic (exact) mass is 392 g/mol. The second-order valence-corrected chi connectivity index (χ2v) is 9.00. The van der Waals surface area contributed by atoms with Crippen molar-refractivity contribution < 1.29 is 8.83 Å². The van der Waals surface area contributed by atoms with Gasteiger partial charge in [0, 0.05) is 21.5 Å². The van der Waals surface area contributed by atoms with E-state index in [1.807, 2.05) is 0 Å². The van der Waals surface area contributed by atoms with Crippen LogP contribution in [0.4, 0.5) is 0 Å². The smallest absolute Gasteiger partial charge is 0.136 e. The van der Waals surface area contributed by atoms with Crippen LogP contribution in [-0.4, -0.2) is 0 Å². The van der Waals surface area contributed by atoms with E-state index < -0.39 is 0 Å². The van der Waals surface area contributed by atoms with E-state index in [1.54, 1.807) is 0 Å². The van der Waals surface area contributed by atoms with Gasteiger partial charge in [0.15, 0.2) is 0 Å². The van der Waals surface area contributed by atoms with Crippen LogP contribution in [0.25, 0.3) is 54.6 Å². The number of fused-ring (bicyclic) bond motifs is 9. The van der Waals surface area contributed by atoms with Gasteiger partial charge in [0.05, 0.1) is 0 Å². The molecule has 6 rings (SSSR count). The van der Waals surface area contributed by atoms with E-state index in [4.69, 9.17) is 8.83 Å². The van der Waals surface area contributed by atoms with Gasteiger partial charge in [-0.1, -0.05) is 52.0 Å². The van der Waals surface area contributed by atoms with E-state index >= 15 is 0 Å². The predicted octanol–water partition coefficient (Wildman–Crippen LogP) is 8.89. The standard InChI is InChI=1S/C28H24O2/c1-15(2)17-5-7-21-25(13-17)29-23-11-9-20-19(27(21)23)10-12-24-28(20)22-8-6-18(16(3)4)14-26(22)30-24/h5-16H,1-4H3. The highest BCUT2D eigenvalue weighted by Gasteiger charge is 2.16. The minimum Gasteiger partial charge on any atom is -0.456 e. The molecule has 0 bridgehead atoms. The average Bonchev–Trinajstić information content (AvgIpc) is 3.30. The maximum absolute atomic E-state index is 6.25. The van der Waals surface area contributed by atoms with Crippen LogP contribution in [0.15, 0.2) is 69.5 Å². The summed E-state index contributed by atoms with van der Waals surface area (Å²) in [5.41, 5.74) is 6.40. The van der Waals surface area contributed by atoms with Crippen molar-refractivity contribution in [3.05, 3.63) is 71.8 Å². The van der Waals surface area contributed by atoms with Gasteiger partial charge in [-0.3, -0.25) is 0 Å². The lowest BCUT2D eigenvalue weighted by Crippen LogP contribution is -1.85. The maximum Gasteiger partial charge on any atom is 0.136 e. The van der Waals surface area contributed by atoms with E-state index in [0.29, 0.717) is 11.8 Å². The minimum atomic E-state index is 0.479. The lowest BCUT2D eigenvalue weighted by molar-refractivity contribution is 0.666. The van der Waals surface area contributed by atoms with Crippen LogP contribution in [0.2, 0.25) is 0 Å². The van der Waals surface area contributed by atoms with Crippen molar-refractivity contribution in [3.8, 4) is 0 Å². The van der Waals surface area contributed by atoms with Crippen molar-refractivity contribution in [2.45, 2.75) is 39.5 Å². The summed E-state index contributed by atoms with van der Waals surface area (Å²) in [6, 6.07) is 21.8. The van der Waals surface area contributed by atoms with E-state index in [2.05, 4.69) is 88.4 Å². The Kier molecular flexibility index (Phi) is 3.59. The summed E-state index contributed by atoms with van der Waals surface area (Å²) >= 11 is 0. The van der Waals surface area contributed by atoms with Gasteiger partial charge in [0.2, 0.25) is 0 Å². The molecule has 0 atom stereocenters. The maximum atomic E-state index is 6.25. The Bertz CT molecular complexity index is 1470. The van der Waals surface area contributed by atoms with Crippen molar-refractivity contribution in [1.82, 2.24) is 0 Å². The lowest BCUT2D eigenvalue weighted by Gasteiger charge is -2.05. The van der Waals surface area contributed by atoms with Gasteiger partial charge in [-0.2, -0.15) is 0 Å². The van der Waals surface area contributed by atoms with Crippen molar-refractivity contribution in [3.63, 3.8) is 0 Å². The highest BCUT2D eigenvalue weighted by Crippen LogP contribution is 2.41. The van der Waals surface area contributed by atoms with Gasteiger partial charge >= 0.3 is 0 Å². The van der Waals surface area contributed by atoms with Gasteiger partial charge in [-0.15, -0.1) is 0 Å². The average molecular weight is 392 g/mol. The first-order chi connectivity index (χ1) is 14.5. The molecule has 6 aromatic rings. The van der Waals surface area contributed by atoms with Crippen molar-refractivity contribution >= 4 is 54.6 Å². The van der Waals surface area contributed by atoms with Crippen LogP contribution in [0.1, 0.15) is 50.7 Å². The third-order valence-corrected chi connectivity index (χ3v) is 6.45. The first-order valence-corrected chi connectivity index (χ1v) is 10.8. The molecule has 2 heteroatoms. The molecular weight excluding hydrogens is 368 g/mol. The fraction of sp³-hybridized carbons (Fsp3) is 0.214. The van der Waals surface area contributed by atoms with Gasteiger partial charge in [-0.05, 0) is 70.1 Å². The van der Waals surface area contributed by atoms with Crippen LogP contribution in [0.5, 0.6) is 0 Å². The molecule has 0 saturated carbocycles. The molecule has 2 nitrogen and oxygen atoms in total. The van der Waals surface area contributed by atoms with Crippen LogP contribution in [0.3, 0.4) is 0 Å². The Balaban J connectivity index is 1.72. The SMILES string of the molecule is CC(C)c1ccc2c(c1)oc1ccc3c(ccc4oc5cc(C(C)C)ccc5c43)c12. The second kappa shape index (κ2) is 6.12. The molecule has 2 aromatic heterocycles. The Morgan fingerprint density at radius 3 is 1.27 bits per heavy atom. The summed E-state index contributed by atoms with van der Waals surface area (Å²) < 4.78 is 12.5. The first-order valence-electron chi connectivity index (χ1n) is 10.8. The Labute approximate surface area is 175 Å². The van der Waals surface area contributed by atoms with E-state index in [9.17, 15) is 0 Å². The second-order valence-electron chi connectivity index (χ2n) is 9.00. The molecule has 0 aliphatic carbocycles. The molecule has 0 spiro atoms. The number of furan rings is 2. The van der Waals surface area contributed by atoms with E-state index in [0.717, 1.165) is 22.3 Å². The van der Waals surface area contributed by atoms with Gasteiger partial charge in [0.25, 0.3) is 0 Å². The van der Waals surface area contributed by atoms with E-state index in [1.165, 1.54) is 43.4 Å². The first kappa shape index (κ1) is 17.6. The zero-order chi connectivity index (χ0) is 20.6. The van der Waals surface area contributed by atoms with Crippen molar-refractivity contribution in [2.75, 3.05) is 0 Å². The summed E-state index contributed by atoms with van der Waals surface area (Å²) in [5, 5.41) is 7.16. The van der Waals surface area contributed by atoms with Crippen molar-refractivity contribution in [1.29, 1.82) is 0 Å². The molecular formula is C28H24O2. The molecule has 4 aromatic carbocycles. The summed E-state index contributed by atoms with van der Waals surface area (Å²) in [4.78, 5) is 0. The molecule has 0 N–H and O–H groups in total. The Morgan fingerprint density at radius 2 is 0.867 bits per heavy atom. The zero-order valence-corrected chi connectivity index (χ0v) is 17.7. The number of hydrogen-bond acceptors (Lipinski definition) is 2. The molecule has 30 heavy (non-hydrogen) atoms.